The molecule has 0 saturated heterocycles. The average molecular weight is 367 g/mol. The summed E-state index contributed by atoms with van der Waals surface area (Å²) in [5.41, 5.74) is 5.53. The lowest BCUT2D eigenvalue weighted by Gasteiger charge is -2.20. The normalized spacial score (nSPS) is 10.6. The SMILES string of the molecule is COc1ccc(C)c(-c2ccccc2C(=O)O)c1-c1cc(Cl)ccc1C. The zero-order chi connectivity index (χ0) is 18.8. The van der Waals surface area contributed by atoms with E-state index in [2.05, 4.69) is 0 Å². The van der Waals surface area contributed by atoms with Crippen molar-refractivity contribution in [2.45, 2.75) is 13.8 Å². The second-order valence-electron chi connectivity index (χ2n) is 6.14. The van der Waals surface area contributed by atoms with E-state index in [1.54, 1.807) is 19.2 Å². The highest BCUT2D eigenvalue weighted by molar-refractivity contribution is 6.31. The average Bonchev–Trinajstić information content (AvgIpc) is 2.63. The van der Waals surface area contributed by atoms with Gasteiger partial charge in [0.2, 0.25) is 0 Å². The molecule has 0 aromatic heterocycles. The highest BCUT2D eigenvalue weighted by Gasteiger charge is 2.21. The first kappa shape index (κ1) is 18.0. The first-order chi connectivity index (χ1) is 12.4. The number of methoxy groups -OCH3 is 1. The molecule has 1 N–H and O–H groups in total. The van der Waals surface area contributed by atoms with Crippen LogP contribution >= 0.6 is 11.6 Å². The van der Waals surface area contributed by atoms with Gasteiger partial charge in [0.1, 0.15) is 5.75 Å². The van der Waals surface area contributed by atoms with Crippen LogP contribution in [-0.2, 0) is 0 Å². The number of ether oxygens (including phenoxy) is 1. The number of carbonyl (C=O) groups is 1. The highest BCUT2D eigenvalue weighted by Crippen LogP contribution is 2.44. The Morgan fingerprint density at radius 1 is 0.923 bits per heavy atom. The number of rotatable bonds is 4. The molecule has 0 saturated carbocycles. The van der Waals surface area contributed by atoms with Crippen molar-refractivity contribution in [1.29, 1.82) is 0 Å². The fourth-order valence-corrected chi connectivity index (χ4v) is 3.40. The number of carboxylic acid groups (broad SMARTS) is 1. The van der Waals surface area contributed by atoms with Crippen LogP contribution in [0.5, 0.6) is 5.75 Å². The predicted molar refractivity (Wildman–Crippen MR) is 105 cm³/mol. The van der Waals surface area contributed by atoms with Crippen molar-refractivity contribution in [3.8, 4) is 28.0 Å². The standard InChI is InChI=1S/C22H19ClO3/c1-13-8-10-15(23)12-18(13)21-19(26-3)11-9-14(2)20(21)16-6-4-5-7-17(16)22(24)25/h4-12H,1-3H3,(H,24,25). The Balaban J connectivity index is 2.45. The second-order valence-corrected chi connectivity index (χ2v) is 6.58. The Kier molecular flexibility index (Phi) is 5.01. The van der Waals surface area contributed by atoms with E-state index >= 15 is 0 Å². The third kappa shape index (κ3) is 3.18. The Bertz CT molecular complexity index is 993. The summed E-state index contributed by atoms with van der Waals surface area (Å²) in [5, 5.41) is 10.3. The van der Waals surface area contributed by atoms with E-state index in [1.165, 1.54) is 0 Å². The van der Waals surface area contributed by atoms with E-state index in [-0.39, 0.29) is 5.56 Å². The van der Waals surface area contributed by atoms with Crippen molar-refractivity contribution < 1.29 is 14.6 Å². The van der Waals surface area contributed by atoms with E-state index < -0.39 is 5.97 Å². The summed E-state index contributed by atoms with van der Waals surface area (Å²) in [4.78, 5) is 11.8. The summed E-state index contributed by atoms with van der Waals surface area (Å²) >= 11 is 6.25. The molecule has 0 heterocycles. The van der Waals surface area contributed by atoms with Crippen LogP contribution in [0.4, 0.5) is 0 Å². The molecule has 0 fully saturated rings. The molecule has 0 aliphatic rings. The van der Waals surface area contributed by atoms with Gasteiger partial charge in [-0.15, -0.1) is 0 Å². The molecule has 0 aliphatic carbocycles. The Labute approximate surface area is 157 Å². The Morgan fingerprint density at radius 2 is 1.62 bits per heavy atom. The van der Waals surface area contributed by atoms with Gasteiger partial charge in [0.25, 0.3) is 0 Å². The minimum atomic E-state index is -0.961. The van der Waals surface area contributed by atoms with Gasteiger partial charge >= 0.3 is 5.97 Å². The summed E-state index contributed by atoms with van der Waals surface area (Å²) in [6.45, 7) is 3.97. The van der Waals surface area contributed by atoms with E-state index in [4.69, 9.17) is 16.3 Å². The van der Waals surface area contributed by atoms with Crippen LogP contribution < -0.4 is 4.74 Å². The third-order valence-corrected chi connectivity index (χ3v) is 4.73. The van der Waals surface area contributed by atoms with E-state index in [9.17, 15) is 9.90 Å². The molecule has 132 valence electrons. The van der Waals surface area contributed by atoms with Gasteiger partial charge in [0.15, 0.2) is 0 Å². The van der Waals surface area contributed by atoms with E-state index in [1.807, 2.05) is 56.3 Å². The third-order valence-electron chi connectivity index (χ3n) is 4.49. The van der Waals surface area contributed by atoms with Crippen LogP contribution in [0.2, 0.25) is 5.02 Å². The Morgan fingerprint density at radius 3 is 2.31 bits per heavy atom. The van der Waals surface area contributed by atoms with Gasteiger partial charge in [-0.1, -0.05) is 41.9 Å². The van der Waals surface area contributed by atoms with Crippen LogP contribution in [-0.4, -0.2) is 18.2 Å². The molecule has 0 bridgehead atoms. The van der Waals surface area contributed by atoms with Crippen LogP contribution in [0, 0.1) is 13.8 Å². The van der Waals surface area contributed by atoms with Crippen molar-refractivity contribution in [1.82, 2.24) is 0 Å². The second kappa shape index (κ2) is 7.22. The quantitative estimate of drug-likeness (QED) is 0.616. The maximum Gasteiger partial charge on any atom is 0.336 e. The van der Waals surface area contributed by atoms with Crippen LogP contribution in [0.25, 0.3) is 22.3 Å². The number of halogens is 1. The number of hydrogen-bond acceptors (Lipinski definition) is 2. The Hall–Kier alpha value is -2.78. The largest absolute Gasteiger partial charge is 0.496 e. The molecule has 3 aromatic rings. The van der Waals surface area contributed by atoms with Crippen molar-refractivity contribution in [2.24, 2.45) is 0 Å². The minimum absolute atomic E-state index is 0.254. The molecule has 0 amide bonds. The molecule has 0 atom stereocenters. The summed E-state index contributed by atoms with van der Waals surface area (Å²) in [6, 6.07) is 16.5. The van der Waals surface area contributed by atoms with Gasteiger partial charge < -0.3 is 9.84 Å². The fraction of sp³-hybridized carbons (Fsp3) is 0.136. The lowest BCUT2D eigenvalue weighted by atomic mass is 9.86. The van der Waals surface area contributed by atoms with Gasteiger partial charge in [-0.25, -0.2) is 4.79 Å². The maximum absolute atomic E-state index is 11.8. The molecule has 0 spiro atoms. The summed E-state index contributed by atoms with van der Waals surface area (Å²) in [6.07, 6.45) is 0. The molecular weight excluding hydrogens is 348 g/mol. The van der Waals surface area contributed by atoms with Gasteiger partial charge in [-0.2, -0.15) is 0 Å². The van der Waals surface area contributed by atoms with Crippen LogP contribution in [0.15, 0.2) is 54.6 Å². The number of benzene rings is 3. The summed E-state index contributed by atoms with van der Waals surface area (Å²) in [7, 11) is 1.61. The van der Waals surface area contributed by atoms with E-state index in [0.717, 1.165) is 27.8 Å². The maximum atomic E-state index is 11.8. The van der Waals surface area contributed by atoms with Gasteiger partial charge in [0, 0.05) is 10.6 Å². The number of hydrogen-bond donors (Lipinski definition) is 1. The lowest BCUT2D eigenvalue weighted by Crippen LogP contribution is -2.02. The zero-order valence-electron chi connectivity index (χ0n) is 14.8. The molecule has 3 aromatic carbocycles. The molecule has 0 aliphatic heterocycles. The minimum Gasteiger partial charge on any atom is -0.496 e. The topological polar surface area (TPSA) is 46.5 Å². The first-order valence-corrected chi connectivity index (χ1v) is 8.58. The lowest BCUT2D eigenvalue weighted by molar-refractivity contribution is 0.0697. The van der Waals surface area contributed by atoms with E-state index in [0.29, 0.717) is 16.3 Å². The smallest absolute Gasteiger partial charge is 0.336 e. The molecule has 3 nitrogen and oxygen atoms in total. The molecule has 26 heavy (non-hydrogen) atoms. The molecule has 4 heteroatoms. The molecule has 3 rings (SSSR count). The van der Waals surface area contributed by atoms with Crippen LogP contribution in [0.1, 0.15) is 21.5 Å². The van der Waals surface area contributed by atoms with Gasteiger partial charge in [0.05, 0.1) is 12.7 Å². The van der Waals surface area contributed by atoms with Gasteiger partial charge in [-0.05, 0) is 65.9 Å². The number of aryl methyl sites for hydroxylation is 2. The van der Waals surface area contributed by atoms with Crippen molar-refractivity contribution >= 4 is 17.6 Å². The van der Waals surface area contributed by atoms with Crippen molar-refractivity contribution in [3.05, 3.63) is 76.3 Å². The zero-order valence-corrected chi connectivity index (χ0v) is 15.6. The summed E-state index contributed by atoms with van der Waals surface area (Å²) < 4.78 is 5.62. The highest BCUT2D eigenvalue weighted by atomic mass is 35.5. The summed E-state index contributed by atoms with van der Waals surface area (Å²) in [5.74, 6) is -0.284. The molecule has 0 unspecified atom stereocenters. The van der Waals surface area contributed by atoms with Gasteiger partial charge in [-0.3, -0.25) is 0 Å². The van der Waals surface area contributed by atoms with Crippen molar-refractivity contribution in [3.63, 3.8) is 0 Å². The van der Waals surface area contributed by atoms with Crippen molar-refractivity contribution in [2.75, 3.05) is 7.11 Å². The number of aromatic carboxylic acids is 1. The first-order valence-electron chi connectivity index (χ1n) is 8.21. The number of carboxylic acids is 1. The molecular formula is C22H19ClO3. The molecule has 0 radical (unpaired) electrons. The predicted octanol–water partition coefficient (Wildman–Crippen LogP) is 6.00. The fourth-order valence-electron chi connectivity index (χ4n) is 3.22. The monoisotopic (exact) mass is 366 g/mol. The van der Waals surface area contributed by atoms with Crippen LogP contribution in [0.3, 0.4) is 0 Å².